The van der Waals surface area contributed by atoms with Crippen molar-refractivity contribution in [2.75, 3.05) is 0 Å². The van der Waals surface area contributed by atoms with E-state index in [2.05, 4.69) is 9.94 Å². The van der Waals surface area contributed by atoms with Crippen molar-refractivity contribution in [1.82, 2.24) is 9.61 Å². The molecule has 0 bridgehead atoms. The van der Waals surface area contributed by atoms with Crippen LogP contribution in [0.3, 0.4) is 0 Å². The summed E-state index contributed by atoms with van der Waals surface area (Å²) in [5.74, 6) is 4.24. The monoisotopic (exact) mass is 191 g/mol. The maximum absolute atomic E-state index is 11.2. The summed E-state index contributed by atoms with van der Waals surface area (Å²) in [6, 6.07) is 3.75. The third-order valence-electron chi connectivity index (χ3n) is 2.07. The summed E-state index contributed by atoms with van der Waals surface area (Å²) in [6.45, 7) is 1.89. The molecule has 0 fully saturated rings. The maximum Gasteiger partial charge on any atom is 0.360 e. The van der Waals surface area contributed by atoms with Gasteiger partial charge < -0.3 is 4.84 Å². The number of fused-ring (bicyclic) bond motifs is 1. The molecule has 0 atom stereocenters. The molecule has 2 aromatic rings. The molecule has 0 aliphatic carbocycles. The lowest BCUT2D eigenvalue weighted by molar-refractivity contribution is 0.0505. The summed E-state index contributed by atoms with van der Waals surface area (Å²) < 4.78 is 1.61. The molecule has 0 saturated carbocycles. The topological polar surface area (TPSA) is 69.6 Å². The molecule has 0 unspecified atom stereocenters. The van der Waals surface area contributed by atoms with Gasteiger partial charge in [0.05, 0.1) is 11.7 Å². The number of pyridine rings is 1. The molecule has 0 amide bonds. The van der Waals surface area contributed by atoms with Crippen LogP contribution in [0.2, 0.25) is 0 Å². The highest BCUT2D eigenvalue weighted by atomic mass is 16.7. The van der Waals surface area contributed by atoms with Gasteiger partial charge in [0.2, 0.25) is 0 Å². The summed E-state index contributed by atoms with van der Waals surface area (Å²) in [5, 5.41) is 4.01. The first kappa shape index (κ1) is 8.71. The van der Waals surface area contributed by atoms with Gasteiger partial charge in [-0.15, -0.1) is 0 Å². The Labute approximate surface area is 80.0 Å². The van der Waals surface area contributed by atoms with Crippen LogP contribution in [0.5, 0.6) is 0 Å². The zero-order chi connectivity index (χ0) is 10.1. The van der Waals surface area contributed by atoms with Crippen LogP contribution in [-0.2, 0) is 4.84 Å². The molecule has 5 heteroatoms. The molecule has 2 N–H and O–H groups in total. The number of rotatable bonds is 1. The number of aryl methyl sites for hydroxylation is 1. The minimum Gasteiger partial charge on any atom is -0.370 e. The van der Waals surface area contributed by atoms with E-state index < -0.39 is 5.97 Å². The lowest BCUT2D eigenvalue weighted by atomic mass is 10.2. The highest BCUT2D eigenvalue weighted by molar-refractivity contribution is 5.97. The lowest BCUT2D eigenvalue weighted by Gasteiger charge is -1.99. The first-order chi connectivity index (χ1) is 6.74. The van der Waals surface area contributed by atoms with Crippen LogP contribution in [0.4, 0.5) is 0 Å². The molecule has 72 valence electrons. The second-order valence-corrected chi connectivity index (χ2v) is 2.95. The lowest BCUT2D eigenvalue weighted by Crippen LogP contribution is -2.10. The van der Waals surface area contributed by atoms with E-state index in [4.69, 9.17) is 5.90 Å². The SMILES string of the molecule is Cc1cccn2ncc(C(=O)ON)c12. The second-order valence-electron chi connectivity index (χ2n) is 2.95. The highest BCUT2D eigenvalue weighted by Crippen LogP contribution is 2.15. The molecule has 0 saturated heterocycles. The second kappa shape index (κ2) is 3.12. The molecular formula is C9H9N3O2. The molecular weight excluding hydrogens is 182 g/mol. The number of carbonyl (C=O) groups excluding carboxylic acids is 1. The Hall–Kier alpha value is -1.88. The minimum atomic E-state index is -0.575. The van der Waals surface area contributed by atoms with Crippen LogP contribution >= 0.6 is 0 Å². The van der Waals surface area contributed by atoms with E-state index in [1.54, 1.807) is 10.7 Å². The summed E-state index contributed by atoms with van der Waals surface area (Å²) in [7, 11) is 0. The van der Waals surface area contributed by atoms with E-state index in [0.717, 1.165) is 11.1 Å². The Morgan fingerprint density at radius 3 is 3.14 bits per heavy atom. The molecule has 2 aromatic heterocycles. The Morgan fingerprint density at radius 1 is 1.64 bits per heavy atom. The number of carbonyl (C=O) groups is 1. The molecule has 2 heterocycles. The van der Waals surface area contributed by atoms with Crippen molar-refractivity contribution < 1.29 is 9.63 Å². The highest BCUT2D eigenvalue weighted by Gasteiger charge is 2.14. The number of nitrogens with zero attached hydrogens (tertiary/aromatic N) is 2. The summed E-state index contributed by atoms with van der Waals surface area (Å²) >= 11 is 0. The third-order valence-corrected chi connectivity index (χ3v) is 2.07. The molecule has 5 nitrogen and oxygen atoms in total. The van der Waals surface area contributed by atoms with E-state index in [-0.39, 0.29) is 0 Å². The molecule has 14 heavy (non-hydrogen) atoms. The molecule has 0 spiro atoms. The molecule has 2 rings (SSSR count). The van der Waals surface area contributed by atoms with Gasteiger partial charge in [-0.05, 0) is 18.6 Å². The number of hydrogen-bond acceptors (Lipinski definition) is 4. The zero-order valence-electron chi connectivity index (χ0n) is 7.60. The summed E-state index contributed by atoms with van der Waals surface area (Å²) in [6.07, 6.45) is 3.20. The van der Waals surface area contributed by atoms with Gasteiger partial charge >= 0.3 is 5.97 Å². The van der Waals surface area contributed by atoms with Crippen LogP contribution < -0.4 is 5.90 Å². The van der Waals surface area contributed by atoms with Gasteiger partial charge in [-0.2, -0.15) is 11.0 Å². The van der Waals surface area contributed by atoms with Crippen molar-refractivity contribution in [3.8, 4) is 0 Å². The predicted molar refractivity (Wildman–Crippen MR) is 49.5 cm³/mol. The van der Waals surface area contributed by atoms with Crippen molar-refractivity contribution in [2.45, 2.75) is 6.92 Å². The average molecular weight is 191 g/mol. The van der Waals surface area contributed by atoms with Crippen LogP contribution in [0, 0.1) is 6.92 Å². The van der Waals surface area contributed by atoms with Gasteiger partial charge in [0.15, 0.2) is 0 Å². The molecule has 0 aliphatic rings. The van der Waals surface area contributed by atoms with E-state index in [9.17, 15) is 4.79 Å². The molecule has 0 aromatic carbocycles. The fourth-order valence-corrected chi connectivity index (χ4v) is 1.43. The third kappa shape index (κ3) is 1.14. The number of hydrogen-bond donors (Lipinski definition) is 1. The van der Waals surface area contributed by atoms with Gasteiger partial charge in [0, 0.05) is 6.20 Å². The quantitative estimate of drug-likeness (QED) is 0.672. The van der Waals surface area contributed by atoms with Crippen molar-refractivity contribution in [3.05, 3.63) is 35.7 Å². The van der Waals surface area contributed by atoms with Crippen molar-refractivity contribution in [3.63, 3.8) is 0 Å². The zero-order valence-corrected chi connectivity index (χ0v) is 7.60. The summed E-state index contributed by atoms with van der Waals surface area (Å²) in [4.78, 5) is 15.4. The van der Waals surface area contributed by atoms with Crippen molar-refractivity contribution in [2.24, 2.45) is 5.90 Å². The van der Waals surface area contributed by atoms with Crippen LogP contribution in [0.1, 0.15) is 15.9 Å². The normalized spacial score (nSPS) is 10.4. The van der Waals surface area contributed by atoms with E-state index >= 15 is 0 Å². The van der Waals surface area contributed by atoms with Crippen molar-refractivity contribution in [1.29, 1.82) is 0 Å². The van der Waals surface area contributed by atoms with E-state index in [1.165, 1.54) is 6.20 Å². The largest absolute Gasteiger partial charge is 0.370 e. The fraction of sp³-hybridized carbons (Fsp3) is 0.111. The van der Waals surface area contributed by atoms with Gasteiger partial charge in [-0.1, -0.05) is 6.07 Å². The van der Waals surface area contributed by atoms with Crippen LogP contribution in [0.25, 0.3) is 5.52 Å². The first-order valence-corrected chi connectivity index (χ1v) is 4.08. The smallest absolute Gasteiger partial charge is 0.360 e. The number of aromatic nitrogens is 2. The van der Waals surface area contributed by atoms with E-state index in [0.29, 0.717) is 5.56 Å². The Kier molecular flexibility index (Phi) is 1.94. The Morgan fingerprint density at radius 2 is 2.43 bits per heavy atom. The van der Waals surface area contributed by atoms with Gasteiger partial charge in [-0.3, -0.25) is 0 Å². The molecule has 0 aliphatic heterocycles. The van der Waals surface area contributed by atoms with Gasteiger partial charge in [-0.25, -0.2) is 9.31 Å². The fourth-order valence-electron chi connectivity index (χ4n) is 1.43. The predicted octanol–water partition coefficient (Wildman–Crippen LogP) is 0.673. The molecule has 0 radical (unpaired) electrons. The maximum atomic E-state index is 11.2. The summed E-state index contributed by atoms with van der Waals surface area (Å²) in [5.41, 5.74) is 2.05. The first-order valence-electron chi connectivity index (χ1n) is 4.08. The minimum absolute atomic E-state index is 0.380. The van der Waals surface area contributed by atoms with Crippen LogP contribution in [0.15, 0.2) is 24.5 Å². The Balaban J connectivity index is 2.73. The Bertz CT molecular complexity index is 490. The standard InChI is InChI=1S/C9H9N3O2/c1-6-3-2-4-12-8(6)7(5-11-12)9(13)14-10/h2-5H,10H2,1H3. The van der Waals surface area contributed by atoms with Crippen LogP contribution in [-0.4, -0.2) is 15.6 Å². The van der Waals surface area contributed by atoms with Crippen molar-refractivity contribution >= 4 is 11.5 Å². The van der Waals surface area contributed by atoms with Gasteiger partial charge in [0.1, 0.15) is 5.56 Å². The van der Waals surface area contributed by atoms with Gasteiger partial charge in [0.25, 0.3) is 0 Å². The average Bonchev–Trinajstić information content (AvgIpc) is 2.62. The number of nitrogens with two attached hydrogens (primary N) is 1. The van der Waals surface area contributed by atoms with E-state index in [1.807, 2.05) is 19.1 Å².